The molecule has 6 nitrogen and oxygen atoms in total. The Morgan fingerprint density at radius 3 is 2.50 bits per heavy atom. The summed E-state index contributed by atoms with van der Waals surface area (Å²) in [7, 11) is -1.93. The lowest BCUT2D eigenvalue weighted by Crippen LogP contribution is -2.31. The van der Waals surface area contributed by atoms with Crippen LogP contribution in [0.3, 0.4) is 0 Å². The van der Waals surface area contributed by atoms with E-state index in [1.54, 1.807) is 42.9 Å². The van der Waals surface area contributed by atoms with Gasteiger partial charge >= 0.3 is 0 Å². The average molecular weight is 469 g/mol. The maximum absolute atomic E-state index is 13.4. The molecule has 0 radical (unpaired) electrons. The normalized spacial score (nSPS) is 18.8. The number of hydrogen-bond acceptors (Lipinski definition) is 6. The Bertz CT molecular complexity index is 1250. The van der Waals surface area contributed by atoms with Crippen LogP contribution in [0.4, 0.5) is 0 Å². The summed E-state index contributed by atoms with van der Waals surface area (Å²) in [5, 5.41) is 3.63. The van der Waals surface area contributed by atoms with Crippen LogP contribution in [0.15, 0.2) is 75.1 Å². The summed E-state index contributed by atoms with van der Waals surface area (Å²) in [6, 6.07) is 12.8. The second-order valence-electron chi connectivity index (χ2n) is 8.32. The highest BCUT2D eigenvalue weighted by atomic mass is 32.2. The third kappa shape index (κ3) is 4.67. The number of aromatic nitrogens is 1. The van der Waals surface area contributed by atoms with E-state index in [0.717, 1.165) is 40.4 Å². The molecule has 4 rings (SSSR count). The van der Waals surface area contributed by atoms with Crippen molar-refractivity contribution in [3.05, 3.63) is 81.4 Å². The van der Waals surface area contributed by atoms with Gasteiger partial charge in [0.25, 0.3) is 0 Å². The van der Waals surface area contributed by atoms with Crippen LogP contribution >= 0.6 is 11.3 Å². The highest BCUT2D eigenvalue weighted by Gasteiger charge is 2.30. The van der Waals surface area contributed by atoms with Gasteiger partial charge in [0.05, 0.1) is 22.5 Å². The molecule has 1 aromatic carbocycles. The van der Waals surface area contributed by atoms with Crippen molar-refractivity contribution in [2.45, 2.75) is 56.1 Å². The predicted molar refractivity (Wildman–Crippen MR) is 127 cm³/mol. The number of nitrogens with zero attached hydrogens (tertiary/aromatic N) is 4. The fourth-order valence-electron chi connectivity index (χ4n) is 4.06. The number of pyridine rings is 1. The first-order valence-corrected chi connectivity index (χ1v) is 13.1. The Kier molecular flexibility index (Phi) is 6.55. The minimum atomic E-state index is -3.61. The number of benzene rings is 1. The number of thiophene rings is 1. The lowest BCUT2D eigenvalue weighted by Gasteiger charge is -2.27. The summed E-state index contributed by atoms with van der Waals surface area (Å²) >= 11 is 1.60. The largest absolute Gasteiger partial charge is 0.262 e. The summed E-state index contributed by atoms with van der Waals surface area (Å²) in [5.41, 5.74) is 0.385. The number of fused-ring (bicyclic) bond motifs is 1. The second-order valence-corrected chi connectivity index (χ2v) is 11.3. The van der Waals surface area contributed by atoms with Crippen molar-refractivity contribution < 1.29 is 8.42 Å². The van der Waals surface area contributed by atoms with Crippen LogP contribution in [0.2, 0.25) is 0 Å². The molecule has 2 aromatic heterocycles. The molecule has 0 spiro atoms. The maximum Gasteiger partial charge on any atom is 0.243 e. The molecule has 8 heteroatoms. The molecule has 0 saturated carbocycles. The first-order chi connectivity index (χ1) is 15.3. The number of hydrogen-bond donors (Lipinski definition) is 0. The zero-order valence-electron chi connectivity index (χ0n) is 18.6. The Labute approximate surface area is 193 Å². The fourth-order valence-corrected chi connectivity index (χ4v) is 6.40. The lowest BCUT2D eigenvalue weighted by molar-refractivity contribution is 0.354. The minimum absolute atomic E-state index is 0.151. The molecule has 3 aromatic rings. The highest BCUT2D eigenvalue weighted by Crippen LogP contribution is 2.33. The second kappa shape index (κ2) is 9.21. The summed E-state index contributed by atoms with van der Waals surface area (Å²) in [4.78, 5) is 14.9. The Hall–Kier alpha value is -2.42. The van der Waals surface area contributed by atoms with Gasteiger partial charge in [-0.05, 0) is 48.6 Å². The topological polar surface area (TPSA) is 75.0 Å². The minimum Gasteiger partial charge on any atom is -0.262 e. The molecule has 3 heterocycles. The van der Waals surface area contributed by atoms with Crippen molar-refractivity contribution in [3.8, 4) is 0 Å². The first kappa shape index (κ1) is 22.8. The van der Waals surface area contributed by atoms with E-state index in [1.165, 1.54) is 4.31 Å². The van der Waals surface area contributed by atoms with Gasteiger partial charge in [0, 0.05) is 24.5 Å². The molecule has 1 aliphatic heterocycles. The van der Waals surface area contributed by atoms with E-state index in [0.29, 0.717) is 11.3 Å². The molecule has 2 atom stereocenters. The monoisotopic (exact) mass is 468 g/mol. The third-order valence-electron chi connectivity index (χ3n) is 5.78. The smallest absolute Gasteiger partial charge is 0.243 e. The van der Waals surface area contributed by atoms with Crippen molar-refractivity contribution in [1.29, 1.82) is 0 Å². The van der Waals surface area contributed by atoms with E-state index < -0.39 is 15.7 Å². The number of unbranched alkanes of at least 4 members (excludes halogenated alkanes) is 1. The molecule has 0 amide bonds. The van der Waals surface area contributed by atoms with Crippen molar-refractivity contribution in [1.82, 2.24) is 9.29 Å². The molecule has 32 heavy (non-hydrogen) atoms. The lowest BCUT2D eigenvalue weighted by atomic mass is 10.0. The van der Waals surface area contributed by atoms with E-state index in [1.807, 2.05) is 42.6 Å². The van der Waals surface area contributed by atoms with Gasteiger partial charge in [-0.3, -0.25) is 15.0 Å². The van der Waals surface area contributed by atoms with Gasteiger partial charge in [-0.1, -0.05) is 38.0 Å². The SMILES string of the molecule is CCCCC(c1cccs1)N(C)S(=O)(=O)c1ccc(CC2(C)N=c3ccncc3=N2)cc1. The first-order valence-electron chi connectivity index (χ1n) is 10.8. The summed E-state index contributed by atoms with van der Waals surface area (Å²) in [5.74, 6) is 0. The van der Waals surface area contributed by atoms with Crippen LogP contribution in [0.1, 0.15) is 49.6 Å². The highest BCUT2D eigenvalue weighted by molar-refractivity contribution is 7.89. The van der Waals surface area contributed by atoms with Crippen LogP contribution in [0, 0.1) is 0 Å². The van der Waals surface area contributed by atoms with E-state index in [2.05, 4.69) is 11.9 Å². The van der Waals surface area contributed by atoms with Crippen molar-refractivity contribution in [2.75, 3.05) is 7.05 Å². The molecular formula is C24H28N4O2S2. The molecular weight excluding hydrogens is 440 g/mol. The molecule has 1 aliphatic rings. The van der Waals surface area contributed by atoms with Gasteiger partial charge in [-0.15, -0.1) is 11.3 Å². The third-order valence-corrected chi connectivity index (χ3v) is 8.64. The molecule has 0 N–H and O–H groups in total. The zero-order chi connectivity index (χ0) is 22.8. The molecule has 0 aliphatic carbocycles. The quantitative estimate of drug-likeness (QED) is 0.478. The Balaban J connectivity index is 1.54. The van der Waals surface area contributed by atoms with Crippen molar-refractivity contribution in [2.24, 2.45) is 9.98 Å². The number of rotatable bonds is 9. The van der Waals surface area contributed by atoms with Crippen LogP contribution < -0.4 is 10.7 Å². The molecule has 0 bridgehead atoms. The van der Waals surface area contributed by atoms with Gasteiger partial charge in [0.15, 0.2) is 5.66 Å². The average Bonchev–Trinajstić information content (AvgIpc) is 3.41. The summed E-state index contributed by atoms with van der Waals surface area (Å²) in [6.07, 6.45) is 6.83. The predicted octanol–water partition coefficient (Wildman–Crippen LogP) is 3.91. The molecule has 2 unspecified atom stereocenters. The van der Waals surface area contributed by atoms with Crippen LogP contribution in [0.25, 0.3) is 0 Å². The number of sulfonamides is 1. The van der Waals surface area contributed by atoms with Gasteiger partial charge < -0.3 is 0 Å². The Morgan fingerprint density at radius 2 is 1.84 bits per heavy atom. The zero-order valence-corrected chi connectivity index (χ0v) is 20.2. The van der Waals surface area contributed by atoms with Crippen LogP contribution in [-0.4, -0.2) is 30.4 Å². The Morgan fingerprint density at radius 1 is 1.09 bits per heavy atom. The van der Waals surface area contributed by atoms with Gasteiger partial charge in [0.2, 0.25) is 10.0 Å². The van der Waals surface area contributed by atoms with Gasteiger partial charge in [-0.25, -0.2) is 8.42 Å². The summed E-state index contributed by atoms with van der Waals surface area (Å²) in [6.45, 7) is 4.10. The maximum atomic E-state index is 13.4. The summed E-state index contributed by atoms with van der Waals surface area (Å²) < 4.78 is 28.3. The van der Waals surface area contributed by atoms with E-state index in [-0.39, 0.29) is 6.04 Å². The molecule has 168 valence electrons. The van der Waals surface area contributed by atoms with Crippen molar-refractivity contribution in [3.63, 3.8) is 0 Å². The van der Waals surface area contributed by atoms with Crippen LogP contribution in [-0.2, 0) is 16.4 Å². The molecule has 0 saturated heterocycles. The van der Waals surface area contributed by atoms with Crippen LogP contribution in [0.5, 0.6) is 0 Å². The standard InChI is InChI=1S/C24H28N4O2S2/c1-4-5-7-22(23-8-6-15-31-23)28(3)32(29,30)19-11-9-18(10-12-19)16-24(2)26-20-13-14-25-17-21(20)27-24/h6,8-15,17,22H,4-5,7,16H2,1-3H3. The van der Waals surface area contributed by atoms with Gasteiger partial charge in [-0.2, -0.15) is 4.31 Å². The van der Waals surface area contributed by atoms with E-state index in [9.17, 15) is 8.42 Å². The van der Waals surface area contributed by atoms with Crippen molar-refractivity contribution >= 4 is 21.4 Å². The molecule has 0 fully saturated rings. The van der Waals surface area contributed by atoms with E-state index >= 15 is 0 Å². The van der Waals surface area contributed by atoms with E-state index in [4.69, 9.17) is 9.98 Å². The fraction of sp³-hybridized carbons (Fsp3) is 0.375. The van der Waals surface area contributed by atoms with Gasteiger partial charge in [0.1, 0.15) is 5.36 Å².